The minimum Gasteiger partial charge on any atom is -0.322 e. The first-order valence-electron chi connectivity index (χ1n) is 6.38. The van der Waals surface area contributed by atoms with Crippen LogP contribution in [0.1, 0.15) is 27.2 Å². The van der Waals surface area contributed by atoms with Crippen molar-refractivity contribution in [2.75, 3.05) is 11.9 Å². The maximum absolute atomic E-state index is 13.6. The van der Waals surface area contributed by atoms with Gasteiger partial charge in [-0.1, -0.05) is 11.6 Å². The smallest absolute Gasteiger partial charge is 0.244 e. The highest BCUT2D eigenvalue weighted by atomic mass is 35.5. The molecule has 0 aromatic heterocycles. The molecule has 1 aromatic carbocycles. The second-order valence-electron chi connectivity index (χ2n) is 5.39. The van der Waals surface area contributed by atoms with Crippen molar-refractivity contribution in [3.8, 4) is 0 Å². The molecule has 1 unspecified atom stereocenters. The number of nitrogens with one attached hydrogen (secondary N) is 1. The first kappa shape index (κ1) is 14.3. The highest BCUT2D eigenvalue weighted by molar-refractivity contribution is 6.30. The van der Waals surface area contributed by atoms with Gasteiger partial charge in [-0.2, -0.15) is 0 Å². The number of hydrogen-bond acceptors (Lipinski definition) is 2. The Labute approximate surface area is 117 Å². The molecule has 3 nitrogen and oxygen atoms in total. The van der Waals surface area contributed by atoms with Crippen LogP contribution in [0.15, 0.2) is 18.2 Å². The van der Waals surface area contributed by atoms with Gasteiger partial charge in [-0.25, -0.2) is 4.39 Å². The number of rotatable bonds is 3. The number of carbonyl (C=O) groups is 1. The van der Waals surface area contributed by atoms with Crippen LogP contribution in [0, 0.1) is 5.82 Å². The molecule has 19 heavy (non-hydrogen) atoms. The minimum absolute atomic E-state index is 0.134. The van der Waals surface area contributed by atoms with Crippen molar-refractivity contribution >= 4 is 23.2 Å². The summed E-state index contributed by atoms with van der Waals surface area (Å²) in [5.41, 5.74) is -0.433. The molecule has 0 radical (unpaired) electrons. The van der Waals surface area contributed by atoms with Gasteiger partial charge in [-0.3, -0.25) is 9.69 Å². The Morgan fingerprint density at radius 2 is 2.21 bits per heavy atom. The number of halogens is 2. The van der Waals surface area contributed by atoms with Gasteiger partial charge in [-0.05, 0) is 45.4 Å². The van der Waals surface area contributed by atoms with E-state index in [-0.39, 0.29) is 17.6 Å². The van der Waals surface area contributed by atoms with Crippen LogP contribution in [0.4, 0.5) is 10.1 Å². The van der Waals surface area contributed by atoms with Gasteiger partial charge < -0.3 is 5.32 Å². The molecule has 1 saturated heterocycles. The van der Waals surface area contributed by atoms with Crippen molar-refractivity contribution in [2.45, 2.75) is 38.8 Å². The van der Waals surface area contributed by atoms with Gasteiger partial charge in [0.1, 0.15) is 5.82 Å². The Bertz CT molecular complexity index is 506. The lowest BCUT2D eigenvalue weighted by Gasteiger charge is -2.51. The summed E-state index contributed by atoms with van der Waals surface area (Å²) in [4.78, 5) is 14.4. The van der Waals surface area contributed by atoms with E-state index >= 15 is 0 Å². The Morgan fingerprint density at radius 3 is 2.74 bits per heavy atom. The van der Waals surface area contributed by atoms with E-state index in [0.717, 1.165) is 13.0 Å². The molecule has 1 aromatic rings. The van der Waals surface area contributed by atoms with E-state index in [4.69, 9.17) is 11.6 Å². The first-order valence-corrected chi connectivity index (χ1v) is 6.75. The van der Waals surface area contributed by atoms with Crippen molar-refractivity contribution in [3.05, 3.63) is 29.0 Å². The van der Waals surface area contributed by atoms with E-state index in [0.29, 0.717) is 5.02 Å². The highest BCUT2D eigenvalue weighted by Gasteiger charge is 2.47. The van der Waals surface area contributed by atoms with Crippen LogP contribution in [-0.2, 0) is 4.79 Å². The lowest BCUT2D eigenvalue weighted by atomic mass is 9.84. The van der Waals surface area contributed by atoms with Gasteiger partial charge in [-0.15, -0.1) is 0 Å². The van der Waals surface area contributed by atoms with E-state index in [1.165, 1.54) is 18.2 Å². The monoisotopic (exact) mass is 284 g/mol. The van der Waals surface area contributed by atoms with Gasteiger partial charge in [0, 0.05) is 17.6 Å². The molecule has 0 saturated carbocycles. The van der Waals surface area contributed by atoms with E-state index in [9.17, 15) is 9.18 Å². The zero-order valence-electron chi connectivity index (χ0n) is 11.3. The summed E-state index contributed by atoms with van der Waals surface area (Å²) >= 11 is 5.81. The molecule has 5 heteroatoms. The van der Waals surface area contributed by atoms with Gasteiger partial charge in [0.05, 0.1) is 11.2 Å². The van der Waals surface area contributed by atoms with Crippen LogP contribution in [0.5, 0.6) is 0 Å². The summed E-state index contributed by atoms with van der Waals surface area (Å²) in [6.07, 6.45) is 0.777. The third kappa shape index (κ3) is 2.60. The summed E-state index contributed by atoms with van der Waals surface area (Å²) in [6, 6.07) is 4.42. The zero-order valence-corrected chi connectivity index (χ0v) is 12.1. The molecule has 1 atom stereocenters. The van der Waals surface area contributed by atoms with Crippen LogP contribution >= 0.6 is 11.6 Å². The number of benzene rings is 1. The summed E-state index contributed by atoms with van der Waals surface area (Å²) in [7, 11) is 0. The lowest BCUT2D eigenvalue weighted by molar-refractivity contribution is -0.138. The fourth-order valence-corrected chi connectivity index (χ4v) is 2.67. The van der Waals surface area contributed by atoms with Crippen molar-refractivity contribution in [1.82, 2.24) is 4.90 Å². The number of amides is 1. The topological polar surface area (TPSA) is 32.3 Å². The summed E-state index contributed by atoms with van der Waals surface area (Å²) < 4.78 is 13.6. The van der Waals surface area contributed by atoms with Gasteiger partial charge >= 0.3 is 0 Å². The standard InChI is InChI=1S/C14H18ClFN2O/c1-9(2)18-7-6-14(18,3)13(19)17-12-8-10(15)4-5-11(12)16/h4-5,8-9H,6-7H2,1-3H3,(H,17,19). The Balaban J connectivity index is 2.15. The van der Waals surface area contributed by atoms with Gasteiger partial charge in [0.25, 0.3) is 0 Å². The second-order valence-corrected chi connectivity index (χ2v) is 5.83. The number of hydrogen-bond donors (Lipinski definition) is 1. The quantitative estimate of drug-likeness (QED) is 0.924. The first-order chi connectivity index (χ1) is 8.84. The minimum atomic E-state index is -0.567. The van der Waals surface area contributed by atoms with Crippen LogP contribution in [0.3, 0.4) is 0 Å². The van der Waals surface area contributed by atoms with Crippen LogP contribution < -0.4 is 5.32 Å². The predicted molar refractivity (Wildman–Crippen MR) is 74.9 cm³/mol. The average Bonchev–Trinajstić information content (AvgIpc) is 2.30. The van der Waals surface area contributed by atoms with E-state index in [1.807, 2.05) is 20.8 Å². The molecule has 1 aliphatic rings. The SMILES string of the molecule is CC(C)N1CCC1(C)C(=O)Nc1cc(Cl)ccc1F. The number of nitrogens with zero attached hydrogens (tertiary/aromatic N) is 1. The van der Waals surface area contributed by atoms with E-state index in [1.54, 1.807) is 0 Å². The molecule has 104 valence electrons. The lowest BCUT2D eigenvalue weighted by Crippen LogP contribution is -2.66. The average molecular weight is 285 g/mol. The molecular formula is C14H18ClFN2O. The van der Waals surface area contributed by atoms with Crippen molar-refractivity contribution in [1.29, 1.82) is 0 Å². The molecule has 0 aliphatic carbocycles. The predicted octanol–water partition coefficient (Wildman–Crippen LogP) is 3.29. The van der Waals surface area contributed by atoms with Crippen molar-refractivity contribution < 1.29 is 9.18 Å². The summed E-state index contributed by atoms with van der Waals surface area (Å²) in [5, 5.41) is 3.04. The third-order valence-electron chi connectivity index (χ3n) is 3.76. The van der Waals surface area contributed by atoms with Crippen molar-refractivity contribution in [3.63, 3.8) is 0 Å². The van der Waals surface area contributed by atoms with E-state index in [2.05, 4.69) is 10.2 Å². The molecule has 1 heterocycles. The zero-order chi connectivity index (χ0) is 14.2. The third-order valence-corrected chi connectivity index (χ3v) is 4.00. The number of carbonyl (C=O) groups excluding carboxylic acids is 1. The largest absolute Gasteiger partial charge is 0.322 e. The van der Waals surface area contributed by atoms with Gasteiger partial charge in [0.2, 0.25) is 5.91 Å². The molecule has 0 spiro atoms. The fourth-order valence-electron chi connectivity index (χ4n) is 2.50. The molecule has 1 amide bonds. The Hall–Kier alpha value is -1.13. The van der Waals surface area contributed by atoms with E-state index < -0.39 is 11.4 Å². The highest BCUT2D eigenvalue weighted by Crippen LogP contribution is 2.34. The van der Waals surface area contributed by atoms with Gasteiger partial charge in [0.15, 0.2) is 0 Å². The Morgan fingerprint density at radius 1 is 1.53 bits per heavy atom. The van der Waals surface area contributed by atoms with Crippen molar-refractivity contribution in [2.24, 2.45) is 0 Å². The van der Waals surface area contributed by atoms with Crippen LogP contribution in [0.25, 0.3) is 0 Å². The molecule has 1 aliphatic heterocycles. The molecule has 0 bridgehead atoms. The molecular weight excluding hydrogens is 267 g/mol. The van der Waals surface area contributed by atoms with Crippen LogP contribution in [-0.4, -0.2) is 28.9 Å². The Kier molecular flexibility index (Phi) is 3.83. The number of anilines is 1. The number of likely N-dealkylation sites (tertiary alicyclic amines) is 1. The maximum Gasteiger partial charge on any atom is 0.244 e. The summed E-state index contributed by atoms with van der Waals surface area (Å²) in [6.45, 7) is 6.86. The molecule has 1 N–H and O–H groups in total. The summed E-state index contributed by atoms with van der Waals surface area (Å²) in [5.74, 6) is -0.662. The fraction of sp³-hybridized carbons (Fsp3) is 0.500. The maximum atomic E-state index is 13.6. The molecule has 1 fully saturated rings. The normalized spacial score (nSPS) is 23.3. The molecule has 2 rings (SSSR count). The second kappa shape index (κ2) is 5.10. The van der Waals surface area contributed by atoms with Crippen LogP contribution in [0.2, 0.25) is 5.02 Å².